The highest BCUT2D eigenvalue weighted by Crippen LogP contribution is 2.25. The van der Waals surface area contributed by atoms with Crippen molar-refractivity contribution in [2.24, 2.45) is 5.92 Å². The van der Waals surface area contributed by atoms with Gasteiger partial charge in [0.15, 0.2) is 0 Å². The summed E-state index contributed by atoms with van der Waals surface area (Å²) in [4.78, 5) is 34.3. The van der Waals surface area contributed by atoms with Gasteiger partial charge in [-0.2, -0.15) is 0 Å². The van der Waals surface area contributed by atoms with Crippen LogP contribution in [0.5, 0.6) is 0 Å². The maximum atomic E-state index is 13.5. The molecule has 0 N–H and O–H groups in total. The van der Waals surface area contributed by atoms with Crippen molar-refractivity contribution in [3.63, 3.8) is 0 Å². The molecular formula is C23H34N4O3. The number of likely N-dealkylation sites (tertiary alicyclic amines) is 2. The predicted octanol–water partition coefficient (Wildman–Crippen LogP) is 2.28. The molecule has 3 amide bonds. The fourth-order valence-corrected chi connectivity index (χ4v) is 4.69. The number of carbonyl (C=O) groups is 2. The molecule has 3 aliphatic rings. The van der Waals surface area contributed by atoms with E-state index < -0.39 is 0 Å². The molecule has 7 nitrogen and oxygen atoms in total. The van der Waals surface area contributed by atoms with Crippen LogP contribution >= 0.6 is 0 Å². The number of hydrogen-bond acceptors (Lipinski definition) is 4. The number of nitrogens with zero attached hydrogens (tertiary/aromatic N) is 4. The van der Waals surface area contributed by atoms with E-state index in [1.807, 2.05) is 45.0 Å². The Morgan fingerprint density at radius 2 is 1.53 bits per heavy atom. The molecule has 3 heterocycles. The molecule has 0 bridgehead atoms. The first-order valence-electron chi connectivity index (χ1n) is 11.4. The molecule has 3 aliphatic heterocycles. The van der Waals surface area contributed by atoms with Crippen molar-refractivity contribution < 1.29 is 14.3 Å². The Kier molecular flexibility index (Phi) is 7.23. The number of anilines is 1. The minimum absolute atomic E-state index is 0.0162. The summed E-state index contributed by atoms with van der Waals surface area (Å²) in [5, 5.41) is 0. The van der Waals surface area contributed by atoms with Gasteiger partial charge in [-0.15, -0.1) is 0 Å². The van der Waals surface area contributed by atoms with Gasteiger partial charge in [-0.3, -0.25) is 9.69 Å². The van der Waals surface area contributed by atoms with Crippen LogP contribution in [0.2, 0.25) is 0 Å². The highest BCUT2D eigenvalue weighted by atomic mass is 16.5. The smallest absolute Gasteiger partial charge is 0.319 e. The van der Waals surface area contributed by atoms with Gasteiger partial charge >= 0.3 is 6.03 Å². The van der Waals surface area contributed by atoms with Gasteiger partial charge in [0, 0.05) is 64.0 Å². The topological polar surface area (TPSA) is 56.3 Å². The van der Waals surface area contributed by atoms with E-state index in [-0.39, 0.29) is 17.9 Å². The maximum Gasteiger partial charge on any atom is 0.319 e. The van der Waals surface area contributed by atoms with Gasteiger partial charge in [-0.25, -0.2) is 4.79 Å². The number of hydrogen-bond donors (Lipinski definition) is 0. The van der Waals surface area contributed by atoms with Gasteiger partial charge < -0.3 is 19.4 Å². The highest BCUT2D eigenvalue weighted by molar-refractivity contribution is 5.95. The molecule has 30 heavy (non-hydrogen) atoms. The summed E-state index contributed by atoms with van der Waals surface area (Å²) in [7, 11) is 0. The summed E-state index contributed by atoms with van der Waals surface area (Å²) >= 11 is 0. The number of para-hydroxylation sites is 1. The van der Waals surface area contributed by atoms with Crippen molar-refractivity contribution in [1.29, 1.82) is 0 Å². The van der Waals surface area contributed by atoms with Crippen molar-refractivity contribution in [3.05, 3.63) is 30.3 Å². The van der Waals surface area contributed by atoms with E-state index in [2.05, 4.69) is 4.90 Å². The number of rotatable bonds is 5. The van der Waals surface area contributed by atoms with Gasteiger partial charge in [0.05, 0.1) is 13.2 Å². The minimum Gasteiger partial charge on any atom is -0.379 e. The van der Waals surface area contributed by atoms with Crippen LogP contribution in [-0.2, 0) is 9.53 Å². The van der Waals surface area contributed by atoms with Crippen molar-refractivity contribution in [1.82, 2.24) is 14.7 Å². The first kappa shape index (κ1) is 21.1. The Labute approximate surface area is 179 Å². The lowest BCUT2D eigenvalue weighted by Crippen LogP contribution is -2.49. The van der Waals surface area contributed by atoms with Crippen molar-refractivity contribution in [2.75, 3.05) is 70.5 Å². The maximum absolute atomic E-state index is 13.5. The standard InChI is InChI=1S/C23H34N4O3/c28-22(20-8-12-26(13-9-20)23(29)25-10-4-5-11-25)27(21-6-2-1-3-7-21)15-14-24-16-18-30-19-17-24/h1-3,6-7,20H,4-5,8-19H2. The lowest BCUT2D eigenvalue weighted by atomic mass is 9.95. The lowest BCUT2D eigenvalue weighted by Gasteiger charge is -2.36. The zero-order valence-corrected chi connectivity index (χ0v) is 17.9. The summed E-state index contributed by atoms with van der Waals surface area (Å²) in [6.45, 7) is 8.04. The fourth-order valence-electron chi connectivity index (χ4n) is 4.69. The van der Waals surface area contributed by atoms with Gasteiger partial charge in [0.1, 0.15) is 0 Å². The molecule has 0 spiro atoms. The minimum atomic E-state index is -0.0162. The van der Waals surface area contributed by atoms with Crippen molar-refractivity contribution in [2.45, 2.75) is 25.7 Å². The monoisotopic (exact) mass is 414 g/mol. The molecule has 0 aliphatic carbocycles. The third-order valence-corrected chi connectivity index (χ3v) is 6.57. The van der Waals surface area contributed by atoms with Crippen LogP contribution in [0.3, 0.4) is 0 Å². The predicted molar refractivity (Wildman–Crippen MR) is 117 cm³/mol. The van der Waals surface area contributed by atoms with Crippen LogP contribution in [0.15, 0.2) is 30.3 Å². The Morgan fingerprint density at radius 3 is 2.20 bits per heavy atom. The molecule has 0 aromatic heterocycles. The Bertz CT molecular complexity index is 694. The van der Waals surface area contributed by atoms with E-state index in [0.29, 0.717) is 19.6 Å². The summed E-state index contributed by atoms with van der Waals surface area (Å²) < 4.78 is 5.44. The fraction of sp³-hybridized carbons (Fsp3) is 0.652. The average Bonchev–Trinajstić information content (AvgIpc) is 3.35. The SMILES string of the molecule is O=C(N1CCCC1)N1CCC(C(=O)N(CCN2CCOCC2)c2ccccc2)CC1. The lowest BCUT2D eigenvalue weighted by molar-refractivity contribution is -0.123. The molecule has 3 saturated heterocycles. The Hall–Kier alpha value is -2.12. The molecule has 1 aromatic carbocycles. The largest absolute Gasteiger partial charge is 0.379 e. The first-order chi connectivity index (χ1) is 14.7. The quantitative estimate of drug-likeness (QED) is 0.742. The third-order valence-electron chi connectivity index (χ3n) is 6.57. The van der Waals surface area contributed by atoms with Gasteiger partial charge in [-0.1, -0.05) is 18.2 Å². The molecule has 0 radical (unpaired) electrons. The van der Waals surface area contributed by atoms with Gasteiger partial charge in [0.25, 0.3) is 0 Å². The number of urea groups is 1. The summed E-state index contributed by atoms with van der Waals surface area (Å²) in [5.74, 6) is 0.181. The Balaban J connectivity index is 1.36. The second kappa shape index (κ2) is 10.3. The number of benzene rings is 1. The van der Waals surface area contributed by atoms with E-state index in [1.165, 1.54) is 0 Å². The number of carbonyl (C=O) groups excluding carboxylic acids is 2. The zero-order chi connectivity index (χ0) is 20.8. The van der Waals surface area contributed by atoms with Crippen molar-refractivity contribution >= 4 is 17.6 Å². The first-order valence-corrected chi connectivity index (χ1v) is 11.4. The molecule has 0 saturated carbocycles. The molecule has 0 unspecified atom stereocenters. The van der Waals surface area contributed by atoms with E-state index in [1.54, 1.807) is 0 Å². The van der Waals surface area contributed by atoms with Gasteiger partial charge in [-0.05, 0) is 37.8 Å². The average molecular weight is 415 g/mol. The summed E-state index contributed by atoms with van der Waals surface area (Å²) in [6, 6.07) is 10.2. The van der Waals surface area contributed by atoms with E-state index in [0.717, 1.165) is 77.3 Å². The van der Waals surface area contributed by atoms with Crippen molar-refractivity contribution in [3.8, 4) is 0 Å². The van der Waals surface area contributed by atoms with E-state index in [9.17, 15) is 9.59 Å². The molecule has 7 heteroatoms. The molecule has 1 aromatic rings. The van der Waals surface area contributed by atoms with E-state index >= 15 is 0 Å². The summed E-state index contributed by atoms with van der Waals surface area (Å²) in [5.41, 5.74) is 0.964. The molecule has 4 rings (SSSR count). The molecule has 164 valence electrons. The normalized spacial score (nSPS) is 21.1. The third kappa shape index (κ3) is 5.13. The van der Waals surface area contributed by atoms with Crippen LogP contribution in [0.1, 0.15) is 25.7 Å². The number of ether oxygens (including phenoxy) is 1. The van der Waals surface area contributed by atoms with Crippen LogP contribution < -0.4 is 4.90 Å². The number of morpholine rings is 1. The summed E-state index contributed by atoms with van der Waals surface area (Å²) in [6.07, 6.45) is 3.71. The molecule has 3 fully saturated rings. The molecular weight excluding hydrogens is 380 g/mol. The van der Waals surface area contributed by atoms with E-state index in [4.69, 9.17) is 4.74 Å². The van der Waals surface area contributed by atoms with Crippen LogP contribution in [0.25, 0.3) is 0 Å². The highest BCUT2D eigenvalue weighted by Gasteiger charge is 2.33. The zero-order valence-electron chi connectivity index (χ0n) is 17.9. The van der Waals surface area contributed by atoms with Crippen LogP contribution in [0, 0.1) is 5.92 Å². The van der Waals surface area contributed by atoms with Crippen LogP contribution in [0.4, 0.5) is 10.5 Å². The number of amides is 3. The molecule has 0 atom stereocenters. The Morgan fingerprint density at radius 1 is 0.900 bits per heavy atom. The second-order valence-electron chi connectivity index (χ2n) is 8.52. The van der Waals surface area contributed by atoms with Crippen LogP contribution in [-0.4, -0.2) is 92.2 Å². The second-order valence-corrected chi connectivity index (χ2v) is 8.52. The van der Waals surface area contributed by atoms with Gasteiger partial charge in [0.2, 0.25) is 5.91 Å². The number of piperidine rings is 1.